The maximum Gasteiger partial charge on any atom is 0.280 e. The van der Waals surface area contributed by atoms with Crippen molar-refractivity contribution in [3.8, 4) is 11.3 Å². The van der Waals surface area contributed by atoms with Crippen molar-refractivity contribution < 1.29 is 14.1 Å². The third-order valence-corrected chi connectivity index (χ3v) is 4.81. The van der Waals surface area contributed by atoms with Crippen LogP contribution in [0.3, 0.4) is 0 Å². The third kappa shape index (κ3) is 3.41. The Bertz CT molecular complexity index is 917. The van der Waals surface area contributed by atoms with Crippen LogP contribution in [0.4, 0.5) is 5.69 Å². The topological polar surface area (TPSA) is 89.0 Å². The van der Waals surface area contributed by atoms with Gasteiger partial charge in [0.25, 0.3) is 11.6 Å². The van der Waals surface area contributed by atoms with E-state index in [1.807, 2.05) is 13.8 Å². The summed E-state index contributed by atoms with van der Waals surface area (Å²) >= 11 is 1.30. The molecule has 1 amide bonds. The van der Waals surface area contributed by atoms with Crippen LogP contribution in [0.15, 0.2) is 50.7 Å². The number of carbonyl (C=O) groups is 1. The molecule has 1 aliphatic heterocycles. The van der Waals surface area contributed by atoms with Crippen molar-refractivity contribution in [2.75, 3.05) is 13.1 Å². The number of nitro benzene ring substituents is 1. The van der Waals surface area contributed by atoms with Crippen LogP contribution in [0.25, 0.3) is 17.4 Å². The lowest BCUT2D eigenvalue weighted by Crippen LogP contribution is -2.28. The second-order valence-electron chi connectivity index (χ2n) is 5.39. The number of hydrogen-bond donors (Lipinski definition) is 0. The summed E-state index contributed by atoms with van der Waals surface area (Å²) in [5.74, 6) is 0.727. The quantitative estimate of drug-likeness (QED) is 0.447. The molecule has 0 atom stereocenters. The monoisotopic (exact) mass is 371 g/mol. The number of hydrogen-bond acceptors (Lipinski definition) is 6. The molecule has 1 aliphatic rings. The molecule has 1 saturated heterocycles. The first kappa shape index (κ1) is 17.9. The summed E-state index contributed by atoms with van der Waals surface area (Å²) < 4.78 is 5.73. The van der Waals surface area contributed by atoms with Gasteiger partial charge in [0.15, 0.2) is 5.17 Å². The van der Waals surface area contributed by atoms with Crippen molar-refractivity contribution in [1.82, 2.24) is 4.90 Å². The Morgan fingerprint density at radius 2 is 2.04 bits per heavy atom. The molecule has 0 spiro atoms. The Morgan fingerprint density at radius 1 is 1.27 bits per heavy atom. The zero-order valence-electron chi connectivity index (χ0n) is 14.3. The van der Waals surface area contributed by atoms with E-state index in [4.69, 9.17) is 4.42 Å². The number of amidine groups is 1. The van der Waals surface area contributed by atoms with Gasteiger partial charge in [0, 0.05) is 25.2 Å². The van der Waals surface area contributed by atoms with Gasteiger partial charge < -0.3 is 4.42 Å². The van der Waals surface area contributed by atoms with E-state index < -0.39 is 4.92 Å². The van der Waals surface area contributed by atoms with Gasteiger partial charge in [-0.1, -0.05) is 12.1 Å². The summed E-state index contributed by atoms with van der Waals surface area (Å²) in [6.07, 6.45) is 1.64. The minimum absolute atomic E-state index is 0.0260. The van der Waals surface area contributed by atoms with Crippen LogP contribution >= 0.6 is 11.8 Å². The van der Waals surface area contributed by atoms with Crippen LogP contribution in [0.5, 0.6) is 0 Å². The van der Waals surface area contributed by atoms with Gasteiger partial charge in [0.1, 0.15) is 11.5 Å². The van der Waals surface area contributed by atoms with Gasteiger partial charge in [0.2, 0.25) is 0 Å². The number of amides is 1. The molecule has 3 rings (SSSR count). The molecule has 0 radical (unpaired) electrons. The summed E-state index contributed by atoms with van der Waals surface area (Å²) in [6.45, 7) is 4.95. The number of thioether (sulfide) groups is 1. The number of rotatable bonds is 5. The molecule has 0 aliphatic carbocycles. The number of nitrogens with zero attached hydrogens (tertiary/aromatic N) is 3. The molecule has 1 aromatic carbocycles. The molecular formula is C18H17N3O4S. The minimum atomic E-state index is -0.445. The number of nitro groups is 1. The second-order valence-corrected chi connectivity index (χ2v) is 6.40. The van der Waals surface area contributed by atoms with Gasteiger partial charge in [0.05, 0.1) is 15.4 Å². The van der Waals surface area contributed by atoms with Crippen molar-refractivity contribution >= 4 is 34.6 Å². The average Bonchev–Trinajstić information content (AvgIpc) is 3.21. The molecule has 134 valence electrons. The van der Waals surface area contributed by atoms with Crippen molar-refractivity contribution in [3.05, 3.63) is 57.2 Å². The minimum Gasteiger partial charge on any atom is -0.456 e. The summed E-state index contributed by atoms with van der Waals surface area (Å²) in [6, 6.07) is 9.74. The number of benzene rings is 1. The summed E-state index contributed by atoms with van der Waals surface area (Å²) in [7, 11) is 0. The Morgan fingerprint density at radius 3 is 2.73 bits per heavy atom. The zero-order valence-corrected chi connectivity index (χ0v) is 15.2. The normalized spacial score (nSPS) is 17.5. The van der Waals surface area contributed by atoms with Gasteiger partial charge in [-0.3, -0.25) is 24.8 Å². The number of likely N-dealkylation sites (N-methyl/N-ethyl adjacent to an activating group) is 1. The highest BCUT2D eigenvalue weighted by Crippen LogP contribution is 2.35. The van der Waals surface area contributed by atoms with Gasteiger partial charge in [-0.2, -0.15) is 0 Å². The molecule has 2 aromatic rings. The molecule has 8 heteroatoms. The molecule has 0 N–H and O–H groups in total. The van der Waals surface area contributed by atoms with Crippen LogP contribution in [0, 0.1) is 10.1 Å². The van der Waals surface area contributed by atoms with Crippen molar-refractivity contribution in [2.24, 2.45) is 4.99 Å². The molecule has 1 aromatic heterocycles. The fourth-order valence-electron chi connectivity index (χ4n) is 2.59. The van der Waals surface area contributed by atoms with E-state index in [9.17, 15) is 14.9 Å². The molecule has 0 unspecified atom stereocenters. The van der Waals surface area contributed by atoms with Gasteiger partial charge in [-0.25, -0.2) is 0 Å². The smallest absolute Gasteiger partial charge is 0.280 e. The zero-order chi connectivity index (χ0) is 18.7. The highest BCUT2D eigenvalue weighted by molar-refractivity contribution is 8.18. The van der Waals surface area contributed by atoms with E-state index in [2.05, 4.69) is 4.99 Å². The Balaban J connectivity index is 1.92. The van der Waals surface area contributed by atoms with E-state index in [1.165, 1.54) is 17.8 Å². The third-order valence-electron chi connectivity index (χ3n) is 3.76. The lowest BCUT2D eigenvalue weighted by atomic mass is 10.1. The van der Waals surface area contributed by atoms with Crippen molar-refractivity contribution in [2.45, 2.75) is 13.8 Å². The lowest BCUT2D eigenvalue weighted by Gasteiger charge is -2.11. The predicted molar refractivity (Wildman–Crippen MR) is 102 cm³/mol. The van der Waals surface area contributed by atoms with Gasteiger partial charge in [-0.05, 0) is 43.8 Å². The first-order chi connectivity index (χ1) is 12.5. The van der Waals surface area contributed by atoms with E-state index in [1.54, 1.807) is 41.3 Å². The van der Waals surface area contributed by atoms with E-state index in [0.29, 0.717) is 40.2 Å². The number of para-hydroxylation sites is 1. The summed E-state index contributed by atoms with van der Waals surface area (Å²) in [4.78, 5) is 29.7. The van der Waals surface area contributed by atoms with E-state index >= 15 is 0 Å². The first-order valence-corrected chi connectivity index (χ1v) is 8.96. The molecule has 1 fully saturated rings. The molecule has 2 heterocycles. The SMILES string of the molecule is CCN=C1S/C(=C\c2ccc(-c3ccccc3[N+](=O)[O-])o2)C(=O)N1CC. The number of aliphatic imine (C=N–C) groups is 1. The van der Waals surface area contributed by atoms with E-state index in [0.717, 1.165) is 0 Å². The Kier molecular flexibility index (Phi) is 5.22. The highest BCUT2D eigenvalue weighted by atomic mass is 32.2. The van der Waals surface area contributed by atoms with Crippen LogP contribution in [0.2, 0.25) is 0 Å². The van der Waals surface area contributed by atoms with Crippen molar-refractivity contribution in [3.63, 3.8) is 0 Å². The molecule has 7 nitrogen and oxygen atoms in total. The Hall–Kier alpha value is -2.87. The van der Waals surface area contributed by atoms with Gasteiger partial charge >= 0.3 is 0 Å². The first-order valence-electron chi connectivity index (χ1n) is 8.14. The number of furan rings is 1. The standard InChI is InChI=1S/C18H17N3O4S/c1-3-19-18-20(4-2)17(22)16(26-18)11-12-9-10-15(25-12)13-7-5-6-8-14(13)21(23)24/h5-11H,3-4H2,1-2H3/b16-11-,19-18?. The fourth-order valence-corrected chi connectivity index (χ4v) is 3.67. The fraction of sp³-hybridized carbons (Fsp3) is 0.222. The van der Waals surface area contributed by atoms with Crippen molar-refractivity contribution in [1.29, 1.82) is 0 Å². The molecule has 0 bridgehead atoms. The van der Waals surface area contributed by atoms with Crippen LogP contribution in [-0.4, -0.2) is 34.0 Å². The second kappa shape index (κ2) is 7.57. The summed E-state index contributed by atoms with van der Waals surface area (Å²) in [5.41, 5.74) is 0.373. The van der Waals surface area contributed by atoms with E-state index in [-0.39, 0.29) is 11.6 Å². The summed E-state index contributed by atoms with van der Waals surface area (Å²) in [5, 5.41) is 11.9. The predicted octanol–water partition coefficient (Wildman–Crippen LogP) is 4.17. The van der Waals surface area contributed by atoms with Gasteiger partial charge in [-0.15, -0.1) is 0 Å². The maximum atomic E-state index is 12.5. The average molecular weight is 371 g/mol. The molecule has 26 heavy (non-hydrogen) atoms. The lowest BCUT2D eigenvalue weighted by molar-refractivity contribution is -0.384. The molecule has 0 saturated carbocycles. The van der Waals surface area contributed by atoms with Crippen LogP contribution in [-0.2, 0) is 4.79 Å². The largest absolute Gasteiger partial charge is 0.456 e. The maximum absolute atomic E-state index is 12.5. The van der Waals surface area contributed by atoms with Crippen LogP contribution < -0.4 is 0 Å². The highest BCUT2D eigenvalue weighted by Gasteiger charge is 2.32. The Labute approximate surface area is 154 Å². The molecular weight excluding hydrogens is 354 g/mol. The number of carbonyl (C=O) groups excluding carboxylic acids is 1. The van der Waals surface area contributed by atoms with Crippen LogP contribution in [0.1, 0.15) is 19.6 Å².